The molecule has 0 aliphatic rings. The Morgan fingerprint density at radius 3 is 2.19 bits per heavy atom. The van der Waals surface area contributed by atoms with Gasteiger partial charge in [0.25, 0.3) is 0 Å². The molecule has 0 aliphatic carbocycles. The quantitative estimate of drug-likeness (QED) is 0.850. The first-order chi connectivity index (χ1) is 9.75. The summed E-state index contributed by atoms with van der Waals surface area (Å²) in [6.07, 6.45) is 0. The van der Waals surface area contributed by atoms with Crippen LogP contribution in [0.3, 0.4) is 0 Å². The van der Waals surface area contributed by atoms with Crippen molar-refractivity contribution in [2.24, 2.45) is 5.73 Å². The third-order valence-electron chi connectivity index (χ3n) is 2.79. The van der Waals surface area contributed by atoms with E-state index in [1.165, 1.54) is 16.4 Å². The zero-order valence-corrected chi connectivity index (χ0v) is 14.5. The van der Waals surface area contributed by atoms with Gasteiger partial charge in [0.2, 0.25) is 10.0 Å². The molecule has 0 radical (unpaired) electrons. The molecule has 0 bridgehead atoms. The molecule has 2 N–H and O–H groups in total. The minimum atomic E-state index is -3.75. The highest BCUT2D eigenvalue weighted by Crippen LogP contribution is 2.33. The average Bonchev–Trinajstić information content (AvgIpc) is 2.34. The van der Waals surface area contributed by atoms with Crippen LogP contribution in [-0.4, -0.2) is 31.9 Å². The molecule has 0 spiro atoms. The van der Waals surface area contributed by atoms with E-state index in [2.05, 4.69) is 11.8 Å². The maximum absolute atomic E-state index is 12.7. The lowest BCUT2D eigenvalue weighted by atomic mass is 10.2. The number of nitrogens with two attached hydrogens (primary N) is 1. The molecule has 21 heavy (non-hydrogen) atoms. The number of sulfonamides is 1. The van der Waals surface area contributed by atoms with Gasteiger partial charge in [0.15, 0.2) is 0 Å². The van der Waals surface area contributed by atoms with Gasteiger partial charge in [-0.25, -0.2) is 8.42 Å². The predicted molar refractivity (Wildman–Crippen MR) is 87.1 cm³/mol. The van der Waals surface area contributed by atoms with E-state index in [-0.39, 0.29) is 27.5 Å². The fraction of sp³-hybridized carbons (Fsp3) is 0.429. The van der Waals surface area contributed by atoms with Crippen LogP contribution >= 0.6 is 23.2 Å². The summed E-state index contributed by atoms with van der Waals surface area (Å²) >= 11 is 12.2. The Bertz CT molecular complexity index is 653. The van der Waals surface area contributed by atoms with E-state index in [4.69, 9.17) is 28.9 Å². The first-order valence-corrected chi connectivity index (χ1v) is 8.65. The topological polar surface area (TPSA) is 63.4 Å². The Morgan fingerprint density at radius 1 is 1.29 bits per heavy atom. The zero-order chi connectivity index (χ0) is 16.2. The van der Waals surface area contributed by atoms with Gasteiger partial charge in [-0.3, -0.25) is 0 Å². The van der Waals surface area contributed by atoms with Crippen molar-refractivity contribution in [3.63, 3.8) is 0 Å². The minimum Gasteiger partial charge on any atom is -0.320 e. The summed E-state index contributed by atoms with van der Waals surface area (Å²) < 4.78 is 26.7. The fourth-order valence-corrected chi connectivity index (χ4v) is 4.77. The van der Waals surface area contributed by atoms with Gasteiger partial charge in [0.1, 0.15) is 4.90 Å². The second-order valence-electron chi connectivity index (χ2n) is 4.58. The van der Waals surface area contributed by atoms with E-state index in [0.717, 1.165) is 0 Å². The summed E-state index contributed by atoms with van der Waals surface area (Å²) in [5.74, 6) is 5.45. The predicted octanol–water partition coefficient (Wildman–Crippen LogP) is 2.72. The number of nitrogens with zero attached hydrogens (tertiary/aromatic N) is 1. The maximum Gasteiger partial charge on any atom is 0.246 e. The van der Waals surface area contributed by atoms with E-state index in [0.29, 0.717) is 12.1 Å². The number of rotatable bonds is 4. The highest BCUT2D eigenvalue weighted by Gasteiger charge is 2.30. The molecule has 0 amide bonds. The summed E-state index contributed by atoms with van der Waals surface area (Å²) in [6.45, 7) is 5.89. The highest BCUT2D eigenvalue weighted by atomic mass is 35.5. The third kappa shape index (κ3) is 4.12. The van der Waals surface area contributed by atoms with Gasteiger partial charge < -0.3 is 5.73 Å². The highest BCUT2D eigenvalue weighted by molar-refractivity contribution is 7.89. The molecule has 1 rings (SSSR count). The molecule has 0 heterocycles. The molecule has 7 heteroatoms. The van der Waals surface area contributed by atoms with Crippen LogP contribution in [0.1, 0.15) is 26.3 Å². The Balaban J connectivity index is 3.44. The van der Waals surface area contributed by atoms with Crippen molar-refractivity contribution in [1.82, 2.24) is 4.31 Å². The van der Waals surface area contributed by atoms with Crippen LogP contribution in [0.25, 0.3) is 0 Å². The summed E-state index contributed by atoms with van der Waals surface area (Å²) in [6, 6.07) is 2.78. The van der Waals surface area contributed by atoms with Crippen LogP contribution < -0.4 is 5.73 Å². The second-order valence-corrected chi connectivity index (χ2v) is 7.22. The fourth-order valence-electron chi connectivity index (χ4n) is 1.96. The monoisotopic (exact) mass is 348 g/mol. The zero-order valence-electron chi connectivity index (χ0n) is 12.2. The Hall–Kier alpha value is -0.770. The van der Waals surface area contributed by atoms with Crippen LogP contribution in [0.2, 0.25) is 10.0 Å². The molecule has 0 aliphatic heterocycles. The van der Waals surface area contributed by atoms with Gasteiger partial charge in [0, 0.05) is 18.2 Å². The first kappa shape index (κ1) is 18.3. The van der Waals surface area contributed by atoms with E-state index in [1.807, 2.05) is 0 Å². The minimum absolute atomic E-state index is 0.0583. The van der Waals surface area contributed by atoms with Crippen LogP contribution in [0.15, 0.2) is 17.0 Å². The average molecular weight is 349 g/mol. The summed E-state index contributed by atoms with van der Waals surface area (Å²) in [7, 11) is -3.75. The van der Waals surface area contributed by atoms with Gasteiger partial charge in [-0.05, 0) is 26.0 Å². The lowest BCUT2D eigenvalue weighted by molar-refractivity contribution is 0.369. The van der Waals surface area contributed by atoms with Gasteiger partial charge in [-0.2, -0.15) is 4.31 Å². The third-order valence-corrected chi connectivity index (χ3v) is 5.86. The SMILES string of the molecule is CCN(C(C)C)S(=O)(=O)c1c(Cl)cc(C#CCN)cc1Cl. The second kappa shape index (κ2) is 7.48. The molecule has 0 atom stereocenters. The number of benzene rings is 1. The molecule has 0 fully saturated rings. The van der Waals surface area contributed by atoms with E-state index in [9.17, 15) is 8.42 Å². The van der Waals surface area contributed by atoms with Crippen molar-refractivity contribution in [1.29, 1.82) is 0 Å². The molecule has 116 valence electrons. The molecule has 0 unspecified atom stereocenters. The standard InChI is InChI=1S/C14H18Cl2N2O2S/c1-4-18(10(2)3)21(19,20)14-12(15)8-11(6-5-7-17)9-13(14)16/h8-10H,4,7,17H2,1-3H3. The largest absolute Gasteiger partial charge is 0.320 e. The van der Waals surface area contributed by atoms with E-state index in [1.54, 1.807) is 20.8 Å². The van der Waals surface area contributed by atoms with Crippen LogP contribution in [-0.2, 0) is 10.0 Å². The molecule has 1 aromatic rings. The normalized spacial score (nSPS) is 11.6. The van der Waals surface area contributed by atoms with Crippen molar-refractivity contribution in [3.05, 3.63) is 27.7 Å². The van der Waals surface area contributed by atoms with Crippen molar-refractivity contribution in [2.45, 2.75) is 31.7 Å². The Kier molecular flexibility index (Phi) is 6.51. The van der Waals surface area contributed by atoms with E-state index < -0.39 is 10.0 Å². The molecule has 0 saturated carbocycles. The van der Waals surface area contributed by atoms with Gasteiger partial charge in [-0.15, -0.1) is 0 Å². The number of hydrogen-bond acceptors (Lipinski definition) is 3. The van der Waals surface area contributed by atoms with Crippen molar-refractivity contribution in [3.8, 4) is 11.8 Å². The van der Waals surface area contributed by atoms with Crippen LogP contribution in [0.4, 0.5) is 0 Å². The number of hydrogen-bond donors (Lipinski definition) is 1. The maximum atomic E-state index is 12.7. The van der Waals surface area contributed by atoms with E-state index >= 15 is 0 Å². The Labute approximate surface area is 136 Å². The molecular formula is C14H18Cl2N2O2S. The van der Waals surface area contributed by atoms with Gasteiger partial charge in [-0.1, -0.05) is 42.0 Å². The summed E-state index contributed by atoms with van der Waals surface area (Å²) in [5.41, 5.74) is 5.83. The van der Waals surface area contributed by atoms with Crippen molar-refractivity contribution >= 4 is 33.2 Å². The summed E-state index contributed by atoms with van der Waals surface area (Å²) in [5, 5.41) is 0.117. The van der Waals surface area contributed by atoms with Gasteiger partial charge >= 0.3 is 0 Å². The van der Waals surface area contributed by atoms with Crippen LogP contribution in [0, 0.1) is 11.8 Å². The smallest absolute Gasteiger partial charge is 0.246 e. The first-order valence-electron chi connectivity index (χ1n) is 6.45. The van der Waals surface area contributed by atoms with Crippen molar-refractivity contribution < 1.29 is 8.42 Å². The lowest BCUT2D eigenvalue weighted by Crippen LogP contribution is -2.37. The summed E-state index contributed by atoms with van der Waals surface area (Å²) in [4.78, 5) is -0.0836. The lowest BCUT2D eigenvalue weighted by Gasteiger charge is -2.25. The molecule has 0 saturated heterocycles. The molecule has 4 nitrogen and oxygen atoms in total. The molecule has 0 aromatic heterocycles. The molecular weight excluding hydrogens is 331 g/mol. The molecule has 1 aromatic carbocycles. The van der Waals surface area contributed by atoms with Gasteiger partial charge in [0.05, 0.1) is 16.6 Å². The Morgan fingerprint density at radius 2 is 1.81 bits per heavy atom. The number of halogens is 2. The van der Waals surface area contributed by atoms with Crippen molar-refractivity contribution in [2.75, 3.05) is 13.1 Å². The van der Waals surface area contributed by atoms with Crippen LogP contribution in [0.5, 0.6) is 0 Å².